The Bertz CT molecular complexity index is 652. The average Bonchev–Trinajstić information content (AvgIpc) is 2.85. The van der Waals surface area contributed by atoms with Crippen LogP contribution in [0.25, 0.3) is 0 Å². The molecule has 206 valence electrons. The van der Waals surface area contributed by atoms with Gasteiger partial charge < -0.3 is 79.5 Å². The first-order chi connectivity index (χ1) is 16.5. The Kier molecular flexibility index (Phi) is 10.1. The van der Waals surface area contributed by atoms with Crippen molar-refractivity contribution in [3.63, 3.8) is 0 Å². The van der Waals surface area contributed by atoms with Crippen molar-refractivity contribution in [1.82, 2.24) is 0 Å². The Labute approximate surface area is 199 Å². The van der Waals surface area contributed by atoms with Gasteiger partial charge in [-0.25, -0.2) is 0 Å². The van der Waals surface area contributed by atoms with Crippen LogP contribution in [0.3, 0.4) is 0 Å². The topological polar surface area (TPSA) is 258 Å². The minimum Gasteiger partial charge on any atom is -0.394 e. The number of hydrogen-bond acceptors (Lipinski definition) is 16. The molecule has 0 spiro atoms. The quantitative estimate of drug-likeness (QED) is 0.143. The SMILES string of the molecule is CO[C@H]1O[C@H](CO)[C@@H](O[C@H]2O[C@H](CO[C@H]3O[C@H](CO)[C@@H](O)[C@H](O)[C@H]3O)[C@@H](O)[C@H](O)[C@H]2O)[C@H](O)[C@H]1O. The Balaban J connectivity index is 1.67. The van der Waals surface area contributed by atoms with Crippen molar-refractivity contribution in [3.05, 3.63) is 0 Å². The molecule has 10 N–H and O–H groups in total. The van der Waals surface area contributed by atoms with Gasteiger partial charge in [0.15, 0.2) is 18.9 Å². The minimum absolute atomic E-state index is 0.588. The van der Waals surface area contributed by atoms with E-state index in [2.05, 4.69) is 0 Å². The summed E-state index contributed by atoms with van der Waals surface area (Å²) >= 11 is 0. The summed E-state index contributed by atoms with van der Waals surface area (Å²) in [4.78, 5) is 0. The van der Waals surface area contributed by atoms with E-state index >= 15 is 0 Å². The summed E-state index contributed by atoms with van der Waals surface area (Å²) < 4.78 is 31.7. The molecule has 0 radical (unpaired) electrons. The van der Waals surface area contributed by atoms with E-state index in [4.69, 9.17) is 28.4 Å². The Morgan fingerprint density at radius 3 is 1.60 bits per heavy atom. The summed E-state index contributed by atoms with van der Waals surface area (Å²) in [5, 5.41) is 100. The summed E-state index contributed by atoms with van der Waals surface area (Å²) in [6.07, 6.45) is -23.5. The molecule has 0 saturated carbocycles. The molecule has 15 atom stereocenters. The highest BCUT2D eigenvalue weighted by Gasteiger charge is 2.51. The molecule has 3 fully saturated rings. The summed E-state index contributed by atoms with van der Waals surface area (Å²) in [5.74, 6) is 0. The van der Waals surface area contributed by atoms with Gasteiger partial charge in [0.25, 0.3) is 0 Å². The van der Waals surface area contributed by atoms with E-state index in [1.165, 1.54) is 7.11 Å². The smallest absolute Gasteiger partial charge is 0.187 e. The summed E-state index contributed by atoms with van der Waals surface area (Å²) in [5.41, 5.74) is 0. The summed E-state index contributed by atoms with van der Waals surface area (Å²) in [7, 11) is 1.21. The van der Waals surface area contributed by atoms with Crippen LogP contribution >= 0.6 is 0 Å². The van der Waals surface area contributed by atoms with Gasteiger partial charge in [-0.15, -0.1) is 0 Å². The molecule has 0 aliphatic carbocycles. The first-order valence-electron chi connectivity index (χ1n) is 11.0. The number of aliphatic hydroxyl groups is 10. The third-order valence-electron chi connectivity index (χ3n) is 6.29. The lowest BCUT2D eigenvalue weighted by atomic mass is 9.97. The van der Waals surface area contributed by atoms with Crippen LogP contribution < -0.4 is 0 Å². The van der Waals surface area contributed by atoms with E-state index < -0.39 is 112 Å². The van der Waals surface area contributed by atoms with E-state index in [0.717, 1.165) is 0 Å². The lowest BCUT2D eigenvalue weighted by Gasteiger charge is -2.46. The molecule has 3 aliphatic rings. The maximum absolute atomic E-state index is 10.4. The Morgan fingerprint density at radius 2 is 1.03 bits per heavy atom. The first kappa shape index (κ1) is 28.9. The zero-order chi connectivity index (χ0) is 26.0. The highest BCUT2D eigenvalue weighted by Crippen LogP contribution is 2.30. The monoisotopic (exact) mass is 518 g/mol. The second-order valence-corrected chi connectivity index (χ2v) is 8.59. The van der Waals surface area contributed by atoms with Gasteiger partial charge in [-0.3, -0.25) is 0 Å². The molecule has 0 aromatic heterocycles. The molecule has 0 unspecified atom stereocenters. The molecule has 0 aromatic rings. The van der Waals surface area contributed by atoms with Crippen LogP contribution in [0.2, 0.25) is 0 Å². The lowest BCUT2D eigenvalue weighted by molar-refractivity contribution is -0.363. The summed E-state index contributed by atoms with van der Waals surface area (Å²) in [6, 6.07) is 0. The van der Waals surface area contributed by atoms with E-state index in [-0.39, 0.29) is 0 Å². The average molecular weight is 518 g/mol. The van der Waals surface area contributed by atoms with Crippen molar-refractivity contribution in [3.8, 4) is 0 Å². The number of hydrogen-bond donors (Lipinski definition) is 10. The number of methoxy groups -OCH3 is 1. The molecular weight excluding hydrogens is 484 g/mol. The van der Waals surface area contributed by atoms with Crippen molar-refractivity contribution in [2.75, 3.05) is 26.9 Å². The molecule has 0 aromatic carbocycles. The second kappa shape index (κ2) is 12.3. The van der Waals surface area contributed by atoms with Gasteiger partial charge in [-0.1, -0.05) is 0 Å². The van der Waals surface area contributed by atoms with Gasteiger partial charge in [-0.2, -0.15) is 0 Å². The maximum atomic E-state index is 10.4. The van der Waals surface area contributed by atoms with E-state index in [0.29, 0.717) is 0 Å². The predicted octanol–water partition coefficient (Wildman–Crippen LogP) is -6.92. The van der Waals surface area contributed by atoms with E-state index in [1.807, 2.05) is 0 Å². The normalized spacial score (nSPS) is 51.3. The number of rotatable bonds is 8. The molecule has 35 heavy (non-hydrogen) atoms. The molecule has 3 saturated heterocycles. The van der Waals surface area contributed by atoms with Crippen molar-refractivity contribution >= 4 is 0 Å². The molecule has 3 heterocycles. The van der Waals surface area contributed by atoms with Gasteiger partial charge in [0, 0.05) is 7.11 Å². The van der Waals surface area contributed by atoms with E-state index in [9.17, 15) is 51.1 Å². The highest BCUT2D eigenvalue weighted by atomic mass is 16.8. The van der Waals surface area contributed by atoms with Crippen molar-refractivity contribution in [2.45, 2.75) is 92.1 Å². The van der Waals surface area contributed by atoms with Crippen LogP contribution in [0.1, 0.15) is 0 Å². The van der Waals surface area contributed by atoms with Gasteiger partial charge >= 0.3 is 0 Å². The second-order valence-electron chi connectivity index (χ2n) is 8.59. The number of aliphatic hydroxyl groups excluding tert-OH is 10. The fraction of sp³-hybridized carbons (Fsp3) is 1.00. The molecular formula is C19H34O16. The zero-order valence-corrected chi connectivity index (χ0v) is 18.7. The fourth-order valence-corrected chi connectivity index (χ4v) is 4.13. The molecule has 16 heteroatoms. The van der Waals surface area contributed by atoms with Crippen molar-refractivity contribution in [1.29, 1.82) is 0 Å². The molecule has 3 aliphatic heterocycles. The van der Waals surface area contributed by atoms with Crippen molar-refractivity contribution < 1.29 is 79.5 Å². The van der Waals surface area contributed by atoms with Crippen LogP contribution in [-0.2, 0) is 28.4 Å². The Morgan fingerprint density at radius 1 is 0.543 bits per heavy atom. The predicted molar refractivity (Wildman–Crippen MR) is 106 cm³/mol. The zero-order valence-electron chi connectivity index (χ0n) is 18.7. The van der Waals surface area contributed by atoms with Crippen LogP contribution in [0.5, 0.6) is 0 Å². The van der Waals surface area contributed by atoms with Crippen LogP contribution in [0.4, 0.5) is 0 Å². The molecule has 16 nitrogen and oxygen atoms in total. The molecule has 0 amide bonds. The standard InChI is InChI=1S/C19H34O16/c1-30-17-15(29)12(26)16(6(3-21)33-17)35-19-14(28)11(25)9(23)7(34-19)4-31-18-13(27)10(24)8(22)5(2-20)32-18/h5-29H,2-4H2,1H3/t5-,6-,7-,8-,9-,10+,11+,12-,13-,14-,15-,16-,17+,18+,19-/m1/s1. The van der Waals surface area contributed by atoms with Crippen molar-refractivity contribution in [2.24, 2.45) is 0 Å². The van der Waals surface area contributed by atoms with Gasteiger partial charge in [0.05, 0.1) is 19.8 Å². The van der Waals surface area contributed by atoms with Crippen LogP contribution in [-0.4, -0.2) is 170 Å². The van der Waals surface area contributed by atoms with Gasteiger partial charge in [0.2, 0.25) is 0 Å². The lowest BCUT2D eigenvalue weighted by Crippen LogP contribution is -2.65. The highest BCUT2D eigenvalue weighted by molar-refractivity contribution is 4.94. The minimum atomic E-state index is -1.84. The van der Waals surface area contributed by atoms with Gasteiger partial charge in [0.1, 0.15) is 73.2 Å². The molecule has 3 rings (SSSR count). The largest absolute Gasteiger partial charge is 0.394 e. The first-order valence-corrected chi connectivity index (χ1v) is 11.0. The Hall–Kier alpha value is -0.640. The van der Waals surface area contributed by atoms with Crippen LogP contribution in [0.15, 0.2) is 0 Å². The van der Waals surface area contributed by atoms with Gasteiger partial charge in [-0.05, 0) is 0 Å². The maximum Gasteiger partial charge on any atom is 0.187 e. The third kappa shape index (κ3) is 5.93. The fourth-order valence-electron chi connectivity index (χ4n) is 4.13. The summed E-state index contributed by atoms with van der Waals surface area (Å²) in [6.45, 7) is -1.96. The van der Waals surface area contributed by atoms with E-state index in [1.54, 1.807) is 0 Å². The molecule has 0 bridgehead atoms. The number of ether oxygens (including phenoxy) is 6. The third-order valence-corrected chi connectivity index (χ3v) is 6.29. The van der Waals surface area contributed by atoms with Crippen LogP contribution in [0, 0.1) is 0 Å².